The van der Waals surface area contributed by atoms with Crippen molar-refractivity contribution in [2.75, 3.05) is 5.32 Å². The van der Waals surface area contributed by atoms with Crippen LogP contribution < -0.4 is 5.32 Å². The number of aromatic nitrogens is 3. The van der Waals surface area contributed by atoms with Crippen LogP contribution in [0.15, 0.2) is 53.0 Å². The van der Waals surface area contributed by atoms with Crippen molar-refractivity contribution in [1.82, 2.24) is 14.6 Å². The predicted octanol–water partition coefficient (Wildman–Crippen LogP) is 5.96. The Bertz CT molecular complexity index is 1280. The van der Waals surface area contributed by atoms with Gasteiger partial charge in [0.15, 0.2) is 5.65 Å². The lowest BCUT2D eigenvalue weighted by Gasteiger charge is -2.12. The van der Waals surface area contributed by atoms with E-state index in [0.717, 1.165) is 55.1 Å². The maximum atomic E-state index is 12.5. The van der Waals surface area contributed by atoms with Gasteiger partial charge in [-0.3, -0.25) is 4.79 Å². The number of anilines is 1. The lowest BCUT2D eigenvalue weighted by molar-refractivity contribution is -0.116. The molecule has 0 radical (unpaired) electrons. The van der Waals surface area contributed by atoms with Gasteiger partial charge in [0.05, 0.1) is 5.69 Å². The number of aryl methyl sites for hydroxylation is 4. The van der Waals surface area contributed by atoms with Crippen LogP contribution >= 0.6 is 15.9 Å². The van der Waals surface area contributed by atoms with Gasteiger partial charge in [-0.25, -0.2) is 9.50 Å². The number of rotatable bonds is 5. The molecule has 2 aromatic heterocycles. The van der Waals surface area contributed by atoms with Crippen LogP contribution in [0.3, 0.4) is 0 Å². The van der Waals surface area contributed by atoms with E-state index in [1.54, 1.807) is 0 Å². The molecule has 0 saturated heterocycles. The molecule has 0 aliphatic rings. The summed E-state index contributed by atoms with van der Waals surface area (Å²) in [5, 5.41) is 7.74. The minimum Gasteiger partial charge on any atom is -0.326 e. The molecule has 0 saturated carbocycles. The summed E-state index contributed by atoms with van der Waals surface area (Å²) in [5.74, 6) is -0.0118. The molecule has 2 aromatic carbocycles. The number of benzene rings is 2. The normalized spacial score (nSPS) is 11.1. The second-order valence-electron chi connectivity index (χ2n) is 7.84. The molecular weight excluding hydrogens is 452 g/mol. The van der Waals surface area contributed by atoms with Gasteiger partial charge in [-0.15, -0.1) is 0 Å². The quantitative estimate of drug-likeness (QED) is 0.386. The molecule has 0 atom stereocenters. The van der Waals surface area contributed by atoms with Gasteiger partial charge < -0.3 is 5.32 Å². The number of nitrogens with one attached hydrogen (secondary N) is 1. The second-order valence-corrected chi connectivity index (χ2v) is 8.69. The summed E-state index contributed by atoms with van der Waals surface area (Å²) in [4.78, 5) is 17.4. The Morgan fingerprint density at radius 1 is 1.03 bits per heavy atom. The Morgan fingerprint density at radius 2 is 1.77 bits per heavy atom. The first-order chi connectivity index (χ1) is 14.8. The standard InChI is InChI=1S/C25H25BrN4O/c1-15-14-20(10-12-22(15)26)28-23(31)13-11-21-16(2)27-25-24(19-8-6-5-7-9-19)17(3)29-30(25)18(21)4/h5-10,12,14H,11,13H2,1-4H3,(H,28,31). The Kier molecular flexibility index (Phi) is 5.92. The van der Waals surface area contributed by atoms with E-state index in [4.69, 9.17) is 10.1 Å². The zero-order valence-corrected chi connectivity index (χ0v) is 19.7. The summed E-state index contributed by atoms with van der Waals surface area (Å²) >= 11 is 3.49. The molecule has 0 unspecified atom stereocenters. The number of hydrogen-bond acceptors (Lipinski definition) is 3. The van der Waals surface area contributed by atoms with Crippen molar-refractivity contribution in [2.24, 2.45) is 0 Å². The largest absolute Gasteiger partial charge is 0.326 e. The van der Waals surface area contributed by atoms with E-state index >= 15 is 0 Å². The molecule has 5 nitrogen and oxygen atoms in total. The Morgan fingerprint density at radius 3 is 2.48 bits per heavy atom. The van der Waals surface area contributed by atoms with Gasteiger partial charge >= 0.3 is 0 Å². The summed E-state index contributed by atoms with van der Waals surface area (Å²) in [6, 6.07) is 16.0. The molecule has 0 bridgehead atoms. The molecule has 4 rings (SSSR count). The van der Waals surface area contributed by atoms with Crippen molar-refractivity contribution in [3.8, 4) is 11.1 Å². The summed E-state index contributed by atoms with van der Waals surface area (Å²) in [5.41, 5.74) is 8.90. The van der Waals surface area contributed by atoms with Crippen LogP contribution in [-0.2, 0) is 11.2 Å². The molecule has 1 N–H and O–H groups in total. The van der Waals surface area contributed by atoms with Crippen LogP contribution in [0.2, 0.25) is 0 Å². The van der Waals surface area contributed by atoms with Crippen LogP contribution in [0.4, 0.5) is 5.69 Å². The molecule has 6 heteroatoms. The van der Waals surface area contributed by atoms with E-state index < -0.39 is 0 Å². The van der Waals surface area contributed by atoms with Crippen LogP contribution in [-0.4, -0.2) is 20.5 Å². The number of hydrogen-bond donors (Lipinski definition) is 1. The van der Waals surface area contributed by atoms with E-state index in [0.29, 0.717) is 12.8 Å². The minimum absolute atomic E-state index is 0.0118. The molecule has 31 heavy (non-hydrogen) atoms. The fourth-order valence-corrected chi connectivity index (χ4v) is 4.20. The number of nitrogens with zero attached hydrogens (tertiary/aromatic N) is 3. The number of carbonyl (C=O) groups excluding carboxylic acids is 1. The third-order valence-corrected chi connectivity index (χ3v) is 6.50. The van der Waals surface area contributed by atoms with Crippen molar-refractivity contribution in [3.05, 3.63) is 81.2 Å². The summed E-state index contributed by atoms with van der Waals surface area (Å²) in [6.07, 6.45) is 0.997. The van der Waals surface area contributed by atoms with Crippen LogP contribution in [0.5, 0.6) is 0 Å². The predicted molar refractivity (Wildman–Crippen MR) is 128 cm³/mol. The first-order valence-electron chi connectivity index (χ1n) is 10.3. The highest BCUT2D eigenvalue weighted by atomic mass is 79.9. The van der Waals surface area contributed by atoms with Crippen LogP contribution in [0.1, 0.15) is 34.6 Å². The summed E-state index contributed by atoms with van der Waals surface area (Å²) in [6.45, 7) is 8.08. The highest BCUT2D eigenvalue weighted by Crippen LogP contribution is 2.29. The Hall–Kier alpha value is -2.99. The fourth-order valence-electron chi connectivity index (χ4n) is 3.96. The zero-order valence-electron chi connectivity index (χ0n) is 18.2. The maximum Gasteiger partial charge on any atom is 0.224 e. The lowest BCUT2D eigenvalue weighted by atomic mass is 10.0. The van der Waals surface area contributed by atoms with Gasteiger partial charge in [0, 0.05) is 33.5 Å². The maximum absolute atomic E-state index is 12.5. The molecule has 2 heterocycles. The van der Waals surface area contributed by atoms with E-state index in [-0.39, 0.29) is 5.91 Å². The molecule has 0 fully saturated rings. The van der Waals surface area contributed by atoms with Gasteiger partial charge in [0.25, 0.3) is 0 Å². The first-order valence-corrected chi connectivity index (χ1v) is 11.1. The second kappa shape index (κ2) is 8.63. The third-order valence-electron chi connectivity index (χ3n) is 5.61. The molecule has 158 valence electrons. The Balaban J connectivity index is 1.58. The lowest BCUT2D eigenvalue weighted by Crippen LogP contribution is -2.14. The van der Waals surface area contributed by atoms with Crippen molar-refractivity contribution in [1.29, 1.82) is 0 Å². The van der Waals surface area contributed by atoms with Crippen molar-refractivity contribution >= 4 is 33.2 Å². The highest BCUT2D eigenvalue weighted by Gasteiger charge is 2.18. The topological polar surface area (TPSA) is 59.3 Å². The first kappa shape index (κ1) is 21.2. The molecule has 0 aliphatic carbocycles. The molecule has 0 aliphatic heterocycles. The van der Waals surface area contributed by atoms with Gasteiger partial charge in [-0.1, -0.05) is 46.3 Å². The SMILES string of the molecule is Cc1cc(NC(=O)CCc2c(C)nc3c(-c4ccccc4)c(C)nn3c2C)ccc1Br. The summed E-state index contributed by atoms with van der Waals surface area (Å²) < 4.78 is 2.94. The number of fused-ring (bicyclic) bond motifs is 1. The monoisotopic (exact) mass is 476 g/mol. The van der Waals surface area contributed by atoms with Crippen molar-refractivity contribution < 1.29 is 4.79 Å². The molecular formula is C25H25BrN4O. The van der Waals surface area contributed by atoms with Crippen LogP contribution in [0.25, 0.3) is 16.8 Å². The van der Waals surface area contributed by atoms with E-state index in [2.05, 4.69) is 33.4 Å². The van der Waals surface area contributed by atoms with Gasteiger partial charge in [0.2, 0.25) is 5.91 Å². The molecule has 1 amide bonds. The van der Waals surface area contributed by atoms with Gasteiger partial charge in [-0.05, 0) is 69.0 Å². The molecule has 0 spiro atoms. The number of carbonyl (C=O) groups is 1. The molecule has 4 aromatic rings. The van der Waals surface area contributed by atoms with Crippen molar-refractivity contribution in [2.45, 2.75) is 40.5 Å². The minimum atomic E-state index is -0.0118. The average molecular weight is 477 g/mol. The van der Waals surface area contributed by atoms with Crippen LogP contribution in [0, 0.1) is 27.7 Å². The Labute approximate surface area is 190 Å². The van der Waals surface area contributed by atoms with Crippen molar-refractivity contribution in [3.63, 3.8) is 0 Å². The fraction of sp³-hybridized carbons (Fsp3) is 0.240. The van der Waals surface area contributed by atoms with Gasteiger partial charge in [0.1, 0.15) is 0 Å². The summed E-state index contributed by atoms with van der Waals surface area (Å²) in [7, 11) is 0. The number of halogens is 1. The highest BCUT2D eigenvalue weighted by molar-refractivity contribution is 9.10. The van der Waals surface area contributed by atoms with E-state index in [1.165, 1.54) is 0 Å². The third kappa shape index (κ3) is 4.26. The van der Waals surface area contributed by atoms with Gasteiger partial charge in [-0.2, -0.15) is 5.10 Å². The average Bonchev–Trinajstić information content (AvgIpc) is 3.07. The number of amides is 1. The van der Waals surface area contributed by atoms with E-state index in [1.807, 2.05) is 68.6 Å². The smallest absolute Gasteiger partial charge is 0.224 e. The van der Waals surface area contributed by atoms with E-state index in [9.17, 15) is 4.79 Å². The zero-order chi connectivity index (χ0) is 22.1.